The van der Waals surface area contributed by atoms with E-state index in [0.29, 0.717) is 13.1 Å². The van der Waals surface area contributed by atoms with E-state index in [1.807, 2.05) is 48.5 Å². The summed E-state index contributed by atoms with van der Waals surface area (Å²) in [5.74, 6) is 0.976. The maximum atomic E-state index is 12.6. The van der Waals surface area contributed by atoms with Crippen molar-refractivity contribution in [3.63, 3.8) is 0 Å². The molecule has 0 radical (unpaired) electrons. The second-order valence-corrected chi connectivity index (χ2v) is 8.35. The van der Waals surface area contributed by atoms with Gasteiger partial charge in [0.2, 0.25) is 10.0 Å². The van der Waals surface area contributed by atoms with Crippen LogP contribution in [0.2, 0.25) is 0 Å². The summed E-state index contributed by atoms with van der Waals surface area (Å²) in [4.78, 5) is 1.38. The fraction of sp³-hybridized carbons (Fsp3) is 0.368. The molecule has 6 heteroatoms. The van der Waals surface area contributed by atoms with E-state index in [1.54, 1.807) is 11.4 Å². The quantitative estimate of drug-likeness (QED) is 0.833. The Morgan fingerprint density at radius 3 is 2.32 bits per heavy atom. The van der Waals surface area contributed by atoms with Gasteiger partial charge in [-0.25, -0.2) is 8.42 Å². The van der Waals surface area contributed by atoms with Crippen molar-refractivity contribution >= 4 is 10.0 Å². The lowest BCUT2D eigenvalue weighted by molar-refractivity contribution is -0.917. The van der Waals surface area contributed by atoms with Crippen LogP contribution in [-0.2, 0) is 22.3 Å². The van der Waals surface area contributed by atoms with Gasteiger partial charge < -0.3 is 9.64 Å². The zero-order valence-electron chi connectivity index (χ0n) is 14.5. The van der Waals surface area contributed by atoms with Gasteiger partial charge >= 0.3 is 0 Å². The van der Waals surface area contributed by atoms with Crippen molar-refractivity contribution in [3.05, 3.63) is 65.7 Å². The van der Waals surface area contributed by atoms with E-state index in [9.17, 15) is 8.42 Å². The molecule has 5 nitrogen and oxygen atoms in total. The Hall–Kier alpha value is -1.89. The van der Waals surface area contributed by atoms with E-state index in [2.05, 4.69) is 6.07 Å². The molecular weight excluding hydrogens is 336 g/mol. The third kappa shape index (κ3) is 4.60. The van der Waals surface area contributed by atoms with Crippen molar-refractivity contribution in [2.45, 2.75) is 12.3 Å². The van der Waals surface area contributed by atoms with Crippen LogP contribution in [0.15, 0.2) is 54.6 Å². The third-order valence-electron chi connectivity index (χ3n) is 4.65. The molecule has 2 aromatic carbocycles. The molecule has 1 saturated heterocycles. The molecule has 0 aromatic heterocycles. The summed E-state index contributed by atoms with van der Waals surface area (Å²) in [5.41, 5.74) is 2.01. The fourth-order valence-electron chi connectivity index (χ4n) is 3.25. The fourth-order valence-corrected chi connectivity index (χ4v) is 4.79. The van der Waals surface area contributed by atoms with Gasteiger partial charge in [0, 0.05) is 5.56 Å². The summed E-state index contributed by atoms with van der Waals surface area (Å²) < 4.78 is 32.3. The minimum atomic E-state index is -3.25. The molecule has 0 saturated carbocycles. The van der Waals surface area contributed by atoms with Crippen LogP contribution >= 0.6 is 0 Å². The average Bonchev–Trinajstić information content (AvgIpc) is 2.63. The van der Waals surface area contributed by atoms with Crippen molar-refractivity contribution in [1.82, 2.24) is 4.31 Å². The van der Waals surface area contributed by atoms with Gasteiger partial charge in [-0.05, 0) is 17.7 Å². The highest BCUT2D eigenvalue weighted by Gasteiger charge is 2.29. The summed E-state index contributed by atoms with van der Waals surface area (Å²) >= 11 is 0. The van der Waals surface area contributed by atoms with Crippen LogP contribution in [0, 0.1) is 0 Å². The third-order valence-corrected chi connectivity index (χ3v) is 6.50. The summed E-state index contributed by atoms with van der Waals surface area (Å²) in [5, 5.41) is 0. The second kappa shape index (κ2) is 7.99. The summed E-state index contributed by atoms with van der Waals surface area (Å²) in [6.45, 7) is 3.62. The standard InChI is InChI=1S/C19H24N2O3S/c1-24-19-10-6-5-9-18(19)15-20-11-13-21(14-12-20)25(22,23)16-17-7-3-2-4-8-17/h2-10H,11-16H2,1H3/p+1. The topological polar surface area (TPSA) is 51.1 Å². The molecule has 0 unspecified atom stereocenters. The largest absolute Gasteiger partial charge is 0.496 e. The molecule has 0 bridgehead atoms. The van der Waals surface area contributed by atoms with Crippen LogP contribution in [0.3, 0.4) is 0 Å². The molecule has 2 aromatic rings. The normalized spacial score (nSPS) is 16.7. The number of sulfonamides is 1. The highest BCUT2D eigenvalue weighted by Crippen LogP contribution is 2.16. The zero-order chi connectivity index (χ0) is 17.7. The van der Waals surface area contributed by atoms with E-state index in [1.165, 1.54) is 10.5 Å². The number of hydrogen-bond donors (Lipinski definition) is 1. The number of para-hydroxylation sites is 1. The van der Waals surface area contributed by atoms with Crippen LogP contribution in [0.5, 0.6) is 5.75 Å². The molecule has 3 rings (SSSR count). The highest BCUT2D eigenvalue weighted by molar-refractivity contribution is 7.88. The lowest BCUT2D eigenvalue weighted by atomic mass is 10.2. The van der Waals surface area contributed by atoms with E-state index in [-0.39, 0.29) is 5.75 Å². The lowest BCUT2D eigenvalue weighted by Crippen LogP contribution is -3.13. The van der Waals surface area contributed by atoms with Gasteiger partial charge in [-0.3, -0.25) is 0 Å². The molecule has 0 aliphatic carbocycles. The predicted molar refractivity (Wildman–Crippen MR) is 98.0 cm³/mol. The van der Waals surface area contributed by atoms with Crippen LogP contribution in [0.4, 0.5) is 0 Å². The first-order valence-electron chi connectivity index (χ1n) is 8.56. The molecule has 1 heterocycles. The number of piperazine rings is 1. The molecular formula is C19H25N2O3S+. The Balaban J connectivity index is 1.58. The summed E-state index contributed by atoms with van der Waals surface area (Å²) in [6, 6.07) is 17.4. The van der Waals surface area contributed by atoms with Gasteiger partial charge in [-0.1, -0.05) is 42.5 Å². The van der Waals surface area contributed by atoms with Gasteiger partial charge in [0.1, 0.15) is 12.3 Å². The van der Waals surface area contributed by atoms with Crippen LogP contribution < -0.4 is 9.64 Å². The number of ether oxygens (including phenoxy) is 1. The first kappa shape index (κ1) is 17.9. The molecule has 1 aliphatic heterocycles. The molecule has 25 heavy (non-hydrogen) atoms. The Morgan fingerprint density at radius 2 is 1.64 bits per heavy atom. The Morgan fingerprint density at radius 1 is 1.00 bits per heavy atom. The zero-order valence-corrected chi connectivity index (χ0v) is 15.3. The molecule has 1 N–H and O–H groups in total. The van der Waals surface area contributed by atoms with Crippen molar-refractivity contribution in [1.29, 1.82) is 0 Å². The number of nitrogens with zero attached hydrogens (tertiary/aromatic N) is 1. The van der Waals surface area contributed by atoms with Crippen molar-refractivity contribution in [3.8, 4) is 5.75 Å². The van der Waals surface area contributed by atoms with Crippen molar-refractivity contribution in [2.24, 2.45) is 0 Å². The van der Waals surface area contributed by atoms with E-state index in [0.717, 1.165) is 30.9 Å². The molecule has 134 valence electrons. The maximum Gasteiger partial charge on any atom is 0.218 e. The van der Waals surface area contributed by atoms with E-state index < -0.39 is 10.0 Å². The Labute approximate surface area is 149 Å². The van der Waals surface area contributed by atoms with E-state index in [4.69, 9.17) is 4.74 Å². The number of benzene rings is 2. The lowest BCUT2D eigenvalue weighted by Gasteiger charge is -2.31. The average molecular weight is 361 g/mol. The number of quaternary nitrogens is 1. The minimum absolute atomic E-state index is 0.0790. The maximum absolute atomic E-state index is 12.6. The number of hydrogen-bond acceptors (Lipinski definition) is 3. The SMILES string of the molecule is COc1ccccc1C[NH+]1CCN(S(=O)(=O)Cc2ccccc2)CC1. The highest BCUT2D eigenvalue weighted by atomic mass is 32.2. The number of nitrogens with one attached hydrogen (secondary N) is 1. The summed E-state index contributed by atoms with van der Waals surface area (Å²) in [7, 11) is -1.57. The first-order chi connectivity index (χ1) is 12.1. The first-order valence-corrected chi connectivity index (χ1v) is 10.2. The molecule has 1 aliphatic rings. The Kier molecular flexibility index (Phi) is 5.73. The van der Waals surface area contributed by atoms with Crippen LogP contribution in [0.25, 0.3) is 0 Å². The van der Waals surface area contributed by atoms with Crippen molar-refractivity contribution < 1.29 is 18.1 Å². The molecule has 1 fully saturated rings. The van der Waals surface area contributed by atoms with Gasteiger partial charge in [0.05, 0.1) is 39.0 Å². The number of methoxy groups -OCH3 is 1. The molecule has 0 spiro atoms. The smallest absolute Gasteiger partial charge is 0.218 e. The Bertz CT molecular complexity index is 785. The van der Waals surface area contributed by atoms with Crippen LogP contribution in [-0.4, -0.2) is 46.0 Å². The van der Waals surface area contributed by atoms with Gasteiger partial charge in [0.25, 0.3) is 0 Å². The van der Waals surface area contributed by atoms with Crippen LogP contribution in [0.1, 0.15) is 11.1 Å². The minimum Gasteiger partial charge on any atom is -0.496 e. The molecule has 0 atom stereocenters. The van der Waals surface area contributed by atoms with Gasteiger partial charge in [-0.2, -0.15) is 4.31 Å². The second-order valence-electron chi connectivity index (χ2n) is 6.38. The van der Waals surface area contributed by atoms with Gasteiger partial charge in [-0.15, -0.1) is 0 Å². The predicted octanol–water partition coefficient (Wildman–Crippen LogP) is 0.926. The monoisotopic (exact) mass is 361 g/mol. The van der Waals surface area contributed by atoms with Gasteiger partial charge in [0.15, 0.2) is 0 Å². The summed E-state index contributed by atoms with van der Waals surface area (Å²) in [6.07, 6.45) is 0. The van der Waals surface area contributed by atoms with E-state index >= 15 is 0 Å². The van der Waals surface area contributed by atoms with Crippen molar-refractivity contribution in [2.75, 3.05) is 33.3 Å². The molecule has 0 amide bonds. The number of rotatable bonds is 6.